The van der Waals surface area contributed by atoms with Gasteiger partial charge in [-0.25, -0.2) is 9.97 Å². The Bertz CT molecular complexity index is 830. The van der Waals surface area contributed by atoms with Crippen molar-refractivity contribution in [3.05, 3.63) is 47.3 Å². The zero-order valence-corrected chi connectivity index (χ0v) is 15.2. The molecule has 0 radical (unpaired) electrons. The molecule has 0 bridgehead atoms. The molecule has 1 N–H and O–H groups in total. The summed E-state index contributed by atoms with van der Waals surface area (Å²) in [6, 6.07) is 6.66. The van der Waals surface area contributed by atoms with Crippen LogP contribution in [0.2, 0.25) is 0 Å². The summed E-state index contributed by atoms with van der Waals surface area (Å²) < 4.78 is 39.5. The highest BCUT2D eigenvalue weighted by molar-refractivity contribution is 5.92. The van der Waals surface area contributed by atoms with Gasteiger partial charge in [0, 0.05) is 18.8 Å². The second kappa shape index (κ2) is 7.54. The number of amides is 1. The zero-order valence-electron chi connectivity index (χ0n) is 15.2. The summed E-state index contributed by atoms with van der Waals surface area (Å²) in [6.45, 7) is 5.14. The SMILES string of the molecule is Cc1cc(C(=O)N2CCC(C)CC2)nc(Nc2ccccc2C(F)(F)F)n1. The molecule has 1 amide bonds. The number of para-hydroxylation sites is 1. The maximum atomic E-state index is 13.2. The molecule has 27 heavy (non-hydrogen) atoms. The summed E-state index contributed by atoms with van der Waals surface area (Å²) in [4.78, 5) is 22.7. The number of halogens is 3. The van der Waals surface area contributed by atoms with E-state index in [-0.39, 0.29) is 23.2 Å². The number of rotatable bonds is 3. The Balaban J connectivity index is 1.86. The van der Waals surface area contributed by atoms with Crippen LogP contribution in [-0.4, -0.2) is 33.9 Å². The average Bonchev–Trinajstić information content (AvgIpc) is 2.61. The molecular formula is C19H21F3N4O. The van der Waals surface area contributed by atoms with E-state index in [9.17, 15) is 18.0 Å². The predicted octanol–water partition coefficient (Wildman–Crippen LogP) is 4.42. The summed E-state index contributed by atoms with van der Waals surface area (Å²) in [6.07, 6.45) is -2.64. The molecule has 1 aromatic heterocycles. The number of anilines is 2. The minimum Gasteiger partial charge on any atom is -0.337 e. The molecule has 1 saturated heterocycles. The number of aryl methyl sites for hydroxylation is 1. The number of likely N-dealkylation sites (tertiary alicyclic amines) is 1. The lowest BCUT2D eigenvalue weighted by Crippen LogP contribution is -2.38. The van der Waals surface area contributed by atoms with Crippen molar-refractivity contribution in [3.63, 3.8) is 0 Å². The Hall–Kier alpha value is -2.64. The van der Waals surface area contributed by atoms with Crippen LogP contribution < -0.4 is 5.32 Å². The van der Waals surface area contributed by atoms with Crippen molar-refractivity contribution in [3.8, 4) is 0 Å². The molecule has 1 aromatic carbocycles. The molecule has 0 spiro atoms. The van der Waals surface area contributed by atoms with Gasteiger partial charge in [-0.3, -0.25) is 4.79 Å². The van der Waals surface area contributed by atoms with Crippen molar-refractivity contribution in [1.29, 1.82) is 0 Å². The quantitative estimate of drug-likeness (QED) is 0.859. The van der Waals surface area contributed by atoms with Crippen molar-refractivity contribution < 1.29 is 18.0 Å². The van der Waals surface area contributed by atoms with E-state index < -0.39 is 11.7 Å². The van der Waals surface area contributed by atoms with E-state index in [0.29, 0.717) is 24.7 Å². The minimum absolute atomic E-state index is 0.0274. The third-order valence-corrected chi connectivity index (χ3v) is 4.62. The van der Waals surface area contributed by atoms with Crippen LogP contribution in [0.4, 0.5) is 24.8 Å². The van der Waals surface area contributed by atoms with Crippen molar-refractivity contribution in [1.82, 2.24) is 14.9 Å². The number of alkyl halides is 3. The third kappa shape index (κ3) is 4.56. The molecule has 1 fully saturated rings. The first kappa shape index (κ1) is 19.1. The zero-order chi connectivity index (χ0) is 19.6. The average molecular weight is 378 g/mol. The van der Waals surface area contributed by atoms with E-state index in [0.717, 1.165) is 18.9 Å². The highest BCUT2D eigenvalue weighted by atomic mass is 19.4. The fraction of sp³-hybridized carbons (Fsp3) is 0.421. The van der Waals surface area contributed by atoms with E-state index in [1.165, 1.54) is 18.2 Å². The number of nitrogens with one attached hydrogen (secondary N) is 1. The maximum absolute atomic E-state index is 13.2. The van der Waals surface area contributed by atoms with Gasteiger partial charge in [0.05, 0.1) is 11.3 Å². The van der Waals surface area contributed by atoms with Crippen LogP contribution in [-0.2, 0) is 6.18 Å². The molecule has 3 rings (SSSR count). The Kier molecular flexibility index (Phi) is 5.34. The van der Waals surface area contributed by atoms with Crippen LogP contribution in [0.5, 0.6) is 0 Å². The Morgan fingerprint density at radius 1 is 1.19 bits per heavy atom. The molecule has 2 heterocycles. The minimum atomic E-state index is -4.50. The number of aromatic nitrogens is 2. The van der Waals surface area contributed by atoms with Gasteiger partial charge in [-0.2, -0.15) is 13.2 Å². The van der Waals surface area contributed by atoms with Crippen LogP contribution in [0.25, 0.3) is 0 Å². The second-order valence-electron chi connectivity index (χ2n) is 6.86. The fourth-order valence-corrected chi connectivity index (χ4v) is 3.07. The number of carbonyl (C=O) groups excluding carboxylic acids is 1. The maximum Gasteiger partial charge on any atom is 0.418 e. The van der Waals surface area contributed by atoms with Crippen LogP contribution in [0.15, 0.2) is 30.3 Å². The van der Waals surface area contributed by atoms with Gasteiger partial charge in [0.1, 0.15) is 5.69 Å². The summed E-state index contributed by atoms with van der Waals surface area (Å²) >= 11 is 0. The van der Waals surface area contributed by atoms with E-state index in [4.69, 9.17) is 0 Å². The highest BCUT2D eigenvalue weighted by Gasteiger charge is 2.33. The van der Waals surface area contributed by atoms with Crippen molar-refractivity contribution in [2.24, 2.45) is 5.92 Å². The number of carbonyl (C=O) groups is 1. The van der Waals surface area contributed by atoms with Gasteiger partial charge in [0.15, 0.2) is 0 Å². The fourth-order valence-electron chi connectivity index (χ4n) is 3.07. The van der Waals surface area contributed by atoms with E-state index >= 15 is 0 Å². The highest BCUT2D eigenvalue weighted by Crippen LogP contribution is 2.35. The first-order valence-electron chi connectivity index (χ1n) is 8.82. The Morgan fingerprint density at radius 2 is 1.85 bits per heavy atom. The molecule has 0 aliphatic carbocycles. The summed E-state index contributed by atoms with van der Waals surface area (Å²) in [7, 11) is 0. The number of hydrogen-bond acceptors (Lipinski definition) is 4. The Morgan fingerprint density at radius 3 is 2.52 bits per heavy atom. The lowest BCUT2D eigenvalue weighted by atomic mass is 9.99. The molecule has 0 atom stereocenters. The monoisotopic (exact) mass is 378 g/mol. The lowest BCUT2D eigenvalue weighted by molar-refractivity contribution is -0.136. The summed E-state index contributed by atoms with van der Waals surface area (Å²) in [5, 5.41) is 2.61. The topological polar surface area (TPSA) is 58.1 Å². The molecule has 144 valence electrons. The third-order valence-electron chi connectivity index (χ3n) is 4.62. The molecule has 0 unspecified atom stereocenters. The predicted molar refractivity (Wildman–Crippen MR) is 95.8 cm³/mol. The molecule has 1 aliphatic rings. The molecule has 8 heteroatoms. The van der Waals surface area contributed by atoms with Gasteiger partial charge in [-0.15, -0.1) is 0 Å². The molecule has 2 aromatic rings. The van der Waals surface area contributed by atoms with E-state index in [1.807, 2.05) is 0 Å². The van der Waals surface area contributed by atoms with Crippen molar-refractivity contribution >= 4 is 17.5 Å². The first-order chi connectivity index (χ1) is 12.7. The van der Waals surface area contributed by atoms with Crippen LogP contribution >= 0.6 is 0 Å². The van der Waals surface area contributed by atoms with Crippen LogP contribution in [0.3, 0.4) is 0 Å². The van der Waals surface area contributed by atoms with Gasteiger partial charge in [0.2, 0.25) is 5.95 Å². The van der Waals surface area contributed by atoms with E-state index in [2.05, 4.69) is 22.2 Å². The number of nitrogens with zero attached hydrogens (tertiary/aromatic N) is 3. The Labute approximate surface area is 155 Å². The second-order valence-corrected chi connectivity index (χ2v) is 6.86. The number of piperidine rings is 1. The lowest BCUT2D eigenvalue weighted by Gasteiger charge is -2.30. The largest absolute Gasteiger partial charge is 0.418 e. The van der Waals surface area contributed by atoms with Crippen molar-refractivity contribution in [2.45, 2.75) is 32.9 Å². The molecule has 1 aliphatic heterocycles. The van der Waals surface area contributed by atoms with Gasteiger partial charge in [-0.1, -0.05) is 19.1 Å². The van der Waals surface area contributed by atoms with Gasteiger partial charge in [0.25, 0.3) is 5.91 Å². The number of hydrogen-bond donors (Lipinski definition) is 1. The van der Waals surface area contributed by atoms with Gasteiger partial charge < -0.3 is 10.2 Å². The molecular weight excluding hydrogens is 357 g/mol. The van der Waals surface area contributed by atoms with Crippen molar-refractivity contribution in [2.75, 3.05) is 18.4 Å². The molecule has 0 saturated carbocycles. The summed E-state index contributed by atoms with van der Waals surface area (Å²) in [5.74, 6) is 0.331. The standard InChI is InChI=1S/C19H21F3N4O/c1-12-7-9-26(10-8-12)17(27)16-11-13(2)23-18(25-16)24-15-6-4-3-5-14(15)19(20,21)22/h3-6,11-12H,7-10H2,1-2H3,(H,23,24,25). The normalized spacial score (nSPS) is 15.7. The molecule has 5 nitrogen and oxygen atoms in total. The first-order valence-corrected chi connectivity index (χ1v) is 8.82. The smallest absolute Gasteiger partial charge is 0.337 e. The van der Waals surface area contributed by atoms with Gasteiger partial charge >= 0.3 is 6.18 Å². The van der Waals surface area contributed by atoms with E-state index in [1.54, 1.807) is 17.9 Å². The number of benzene rings is 1. The van der Waals surface area contributed by atoms with Crippen LogP contribution in [0, 0.1) is 12.8 Å². The summed E-state index contributed by atoms with van der Waals surface area (Å²) in [5.41, 5.74) is -0.274. The van der Waals surface area contributed by atoms with Gasteiger partial charge in [-0.05, 0) is 43.9 Å². The van der Waals surface area contributed by atoms with Crippen LogP contribution in [0.1, 0.15) is 41.5 Å².